The third-order valence-corrected chi connectivity index (χ3v) is 3.11. The van der Waals surface area contributed by atoms with Crippen molar-refractivity contribution in [3.8, 4) is 0 Å². The van der Waals surface area contributed by atoms with Crippen molar-refractivity contribution in [2.24, 2.45) is 11.8 Å². The standard InChI is InChI=1S/C10H16ClNO3/c1-6(2)9(10(14)15)12-5-7(4-11)3-8(12)13/h6-7,9H,3-5H2,1-2H3,(H,14,15)/t7?,9-/m0/s1. The lowest BCUT2D eigenvalue weighted by Crippen LogP contribution is -2.45. The molecule has 1 fully saturated rings. The lowest BCUT2D eigenvalue weighted by molar-refractivity contribution is -0.150. The normalized spacial score (nSPS) is 23.6. The maximum atomic E-state index is 11.6. The Kier molecular flexibility index (Phi) is 3.97. The average molecular weight is 234 g/mol. The zero-order valence-corrected chi connectivity index (χ0v) is 9.70. The molecule has 1 amide bonds. The Morgan fingerprint density at radius 1 is 1.67 bits per heavy atom. The van der Waals surface area contributed by atoms with Crippen LogP contribution in [0.1, 0.15) is 20.3 Å². The average Bonchev–Trinajstić information content (AvgIpc) is 2.46. The minimum Gasteiger partial charge on any atom is -0.480 e. The number of likely N-dealkylation sites (tertiary alicyclic amines) is 1. The van der Waals surface area contributed by atoms with Gasteiger partial charge in [0.15, 0.2) is 0 Å². The summed E-state index contributed by atoms with van der Waals surface area (Å²) in [6.07, 6.45) is 0.375. The minimum atomic E-state index is -0.937. The van der Waals surface area contributed by atoms with Crippen molar-refractivity contribution in [3.63, 3.8) is 0 Å². The Hall–Kier alpha value is -0.770. The number of carbonyl (C=O) groups is 2. The van der Waals surface area contributed by atoms with Gasteiger partial charge in [0.1, 0.15) is 6.04 Å². The molecule has 1 rings (SSSR count). The molecule has 1 N–H and O–H groups in total. The summed E-state index contributed by atoms with van der Waals surface area (Å²) in [5, 5.41) is 9.05. The third-order valence-electron chi connectivity index (χ3n) is 2.68. The van der Waals surface area contributed by atoms with Crippen molar-refractivity contribution in [2.45, 2.75) is 26.3 Å². The number of hydrogen-bond acceptors (Lipinski definition) is 2. The topological polar surface area (TPSA) is 57.6 Å². The number of carboxylic acids is 1. The number of aliphatic carboxylic acids is 1. The Bertz CT molecular complexity index is 267. The second-order valence-electron chi connectivity index (χ2n) is 4.30. The van der Waals surface area contributed by atoms with E-state index in [4.69, 9.17) is 16.7 Å². The van der Waals surface area contributed by atoms with Crippen molar-refractivity contribution < 1.29 is 14.7 Å². The number of carbonyl (C=O) groups excluding carboxylic acids is 1. The fourth-order valence-electron chi connectivity index (χ4n) is 1.96. The second kappa shape index (κ2) is 4.84. The van der Waals surface area contributed by atoms with Crippen LogP contribution in [0.15, 0.2) is 0 Å². The van der Waals surface area contributed by atoms with Crippen LogP contribution in [-0.2, 0) is 9.59 Å². The third kappa shape index (κ3) is 2.62. The summed E-state index contributed by atoms with van der Waals surface area (Å²) in [4.78, 5) is 24.1. The highest BCUT2D eigenvalue weighted by Crippen LogP contribution is 2.24. The van der Waals surface area contributed by atoms with Crippen LogP contribution in [0.4, 0.5) is 0 Å². The van der Waals surface area contributed by atoms with Crippen molar-refractivity contribution >= 4 is 23.5 Å². The monoisotopic (exact) mass is 233 g/mol. The van der Waals surface area contributed by atoms with E-state index in [0.717, 1.165) is 0 Å². The van der Waals surface area contributed by atoms with Crippen molar-refractivity contribution in [1.82, 2.24) is 4.90 Å². The fourth-order valence-corrected chi connectivity index (χ4v) is 2.17. The van der Waals surface area contributed by atoms with Crippen LogP contribution in [0.3, 0.4) is 0 Å². The van der Waals surface area contributed by atoms with Gasteiger partial charge in [-0.05, 0) is 11.8 Å². The van der Waals surface area contributed by atoms with Crippen molar-refractivity contribution in [1.29, 1.82) is 0 Å². The van der Waals surface area contributed by atoms with Crippen molar-refractivity contribution in [2.75, 3.05) is 12.4 Å². The Balaban J connectivity index is 2.77. The van der Waals surface area contributed by atoms with E-state index in [9.17, 15) is 9.59 Å². The van der Waals surface area contributed by atoms with E-state index in [2.05, 4.69) is 0 Å². The highest BCUT2D eigenvalue weighted by Gasteiger charge is 2.38. The van der Waals surface area contributed by atoms with Gasteiger partial charge in [-0.15, -0.1) is 11.6 Å². The first-order chi connectivity index (χ1) is 6.97. The number of halogens is 1. The molecule has 0 aromatic rings. The lowest BCUT2D eigenvalue weighted by Gasteiger charge is -2.27. The molecule has 0 aromatic heterocycles. The van der Waals surface area contributed by atoms with Gasteiger partial charge in [-0.2, -0.15) is 0 Å². The second-order valence-corrected chi connectivity index (χ2v) is 4.61. The minimum absolute atomic E-state index is 0.0828. The Morgan fingerprint density at radius 2 is 2.27 bits per heavy atom. The fraction of sp³-hybridized carbons (Fsp3) is 0.800. The summed E-state index contributed by atoms with van der Waals surface area (Å²) >= 11 is 5.68. The molecule has 1 aliphatic heterocycles. The molecule has 1 saturated heterocycles. The summed E-state index contributed by atoms with van der Waals surface area (Å²) in [5.74, 6) is -0.609. The molecule has 1 heterocycles. The van der Waals surface area contributed by atoms with E-state index in [0.29, 0.717) is 18.8 Å². The van der Waals surface area contributed by atoms with E-state index in [1.54, 1.807) is 13.8 Å². The number of amides is 1. The maximum absolute atomic E-state index is 11.6. The van der Waals surface area contributed by atoms with Gasteiger partial charge in [0.25, 0.3) is 0 Å². The lowest BCUT2D eigenvalue weighted by atomic mass is 10.0. The molecule has 0 bridgehead atoms. The summed E-state index contributed by atoms with van der Waals surface area (Å²) in [7, 11) is 0. The molecule has 1 unspecified atom stereocenters. The predicted octanol–water partition coefficient (Wildman–Crippen LogP) is 1.18. The van der Waals surface area contributed by atoms with Gasteiger partial charge in [0.2, 0.25) is 5.91 Å². The maximum Gasteiger partial charge on any atom is 0.326 e. The van der Waals surface area contributed by atoms with Gasteiger partial charge < -0.3 is 10.0 Å². The van der Waals surface area contributed by atoms with Crippen LogP contribution in [0.5, 0.6) is 0 Å². The number of carboxylic acid groups (broad SMARTS) is 1. The van der Waals surface area contributed by atoms with Gasteiger partial charge in [-0.1, -0.05) is 13.8 Å². The molecule has 0 spiro atoms. The van der Waals surface area contributed by atoms with Crippen LogP contribution in [0.25, 0.3) is 0 Å². The van der Waals surface area contributed by atoms with Crippen LogP contribution >= 0.6 is 11.6 Å². The molecule has 2 atom stereocenters. The van der Waals surface area contributed by atoms with E-state index >= 15 is 0 Å². The molecular weight excluding hydrogens is 218 g/mol. The predicted molar refractivity (Wildman–Crippen MR) is 56.8 cm³/mol. The first-order valence-electron chi connectivity index (χ1n) is 5.05. The molecule has 15 heavy (non-hydrogen) atoms. The number of hydrogen-bond donors (Lipinski definition) is 1. The molecule has 4 nitrogen and oxygen atoms in total. The number of nitrogens with zero attached hydrogens (tertiary/aromatic N) is 1. The number of alkyl halides is 1. The van der Waals surface area contributed by atoms with E-state index in [1.165, 1.54) is 4.90 Å². The van der Waals surface area contributed by atoms with E-state index < -0.39 is 12.0 Å². The van der Waals surface area contributed by atoms with Gasteiger partial charge in [-0.25, -0.2) is 4.79 Å². The van der Waals surface area contributed by atoms with Gasteiger partial charge >= 0.3 is 5.97 Å². The van der Waals surface area contributed by atoms with Crippen molar-refractivity contribution in [3.05, 3.63) is 0 Å². The molecule has 0 saturated carbocycles. The largest absolute Gasteiger partial charge is 0.480 e. The molecule has 0 radical (unpaired) electrons. The Morgan fingerprint density at radius 3 is 2.60 bits per heavy atom. The van der Waals surface area contributed by atoms with Gasteiger partial charge in [0, 0.05) is 18.8 Å². The zero-order chi connectivity index (χ0) is 11.6. The molecule has 0 aliphatic carbocycles. The molecule has 5 heteroatoms. The first-order valence-corrected chi connectivity index (χ1v) is 5.59. The van der Waals surface area contributed by atoms with Crippen LogP contribution < -0.4 is 0 Å². The molecular formula is C10H16ClNO3. The zero-order valence-electron chi connectivity index (χ0n) is 8.94. The highest BCUT2D eigenvalue weighted by molar-refractivity contribution is 6.18. The molecule has 86 valence electrons. The summed E-state index contributed by atoms with van der Waals surface area (Å²) < 4.78 is 0. The first kappa shape index (κ1) is 12.3. The summed E-state index contributed by atoms with van der Waals surface area (Å²) in [6.45, 7) is 4.08. The summed E-state index contributed by atoms with van der Waals surface area (Å²) in [6, 6.07) is -0.717. The quantitative estimate of drug-likeness (QED) is 0.742. The smallest absolute Gasteiger partial charge is 0.326 e. The SMILES string of the molecule is CC(C)[C@@H](C(=O)O)N1CC(CCl)CC1=O. The van der Waals surface area contributed by atoms with Crippen LogP contribution in [-0.4, -0.2) is 40.3 Å². The Labute approximate surface area is 94.2 Å². The van der Waals surface area contributed by atoms with Gasteiger partial charge in [0.05, 0.1) is 0 Å². The van der Waals surface area contributed by atoms with Gasteiger partial charge in [-0.3, -0.25) is 4.79 Å². The summed E-state index contributed by atoms with van der Waals surface area (Å²) in [5.41, 5.74) is 0. The van der Waals surface area contributed by atoms with Crippen LogP contribution in [0.2, 0.25) is 0 Å². The molecule has 0 aromatic carbocycles. The molecule has 1 aliphatic rings. The van der Waals surface area contributed by atoms with E-state index in [1.807, 2.05) is 0 Å². The number of rotatable bonds is 4. The highest BCUT2D eigenvalue weighted by atomic mass is 35.5. The van der Waals surface area contributed by atoms with Crippen LogP contribution in [0, 0.1) is 11.8 Å². The van der Waals surface area contributed by atoms with E-state index in [-0.39, 0.29) is 17.7 Å².